The largest absolute Gasteiger partial charge is 0.508 e. The minimum Gasteiger partial charge on any atom is -0.508 e. The molecule has 0 bridgehead atoms. The lowest BCUT2D eigenvalue weighted by Crippen LogP contribution is -2.31. The van der Waals surface area contributed by atoms with E-state index in [0.29, 0.717) is 17.5 Å². The van der Waals surface area contributed by atoms with Crippen molar-refractivity contribution >= 4 is 23.5 Å². The summed E-state index contributed by atoms with van der Waals surface area (Å²) >= 11 is 1.47. The number of aromatic hydroxyl groups is 1. The van der Waals surface area contributed by atoms with Crippen molar-refractivity contribution in [3.63, 3.8) is 0 Å². The van der Waals surface area contributed by atoms with Crippen molar-refractivity contribution < 1.29 is 9.90 Å². The van der Waals surface area contributed by atoms with Crippen LogP contribution in [0.3, 0.4) is 0 Å². The molecule has 118 valence electrons. The van der Waals surface area contributed by atoms with Crippen LogP contribution in [0.1, 0.15) is 30.9 Å². The van der Waals surface area contributed by atoms with Gasteiger partial charge in [0.1, 0.15) is 11.8 Å². The van der Waals surface area contributed by atoms with Crippen molar-refractivity contribution in [3.05, 3.63) is 41.1 Å². The molecule has 7 heteroatoms. The lowest BCUT2D eigenvalue weighted by atomic mass is 9.85. The predicted molar refractivity (Wildman–Crippen MR) is 87.6 cm³/mol. The number of carbonyl (C=O) groups is 1. The molecule has 0 amide bonds. The summed E-state index contributed by atoms with van der Waals surface area (Å²) in [5, 5.41) is 18.0. The molecule has 6 nitrogen and oxygen atoms in total. The molecule has 1 aliphatic heterocycles. The Balaban J connectivity index is 1.90. The molecule has 1 aromatic carbocycles. The average molecular weight is 328 g/mol. The summed E-state index contributed by atoms with van der Waals surface area (Å²) < 4.78 is 1.78. The molecular weight excluding hydrogens is 312 g/mol. The van der Waals surface area contributed by atoms with Crippen LogP contribution in [0.5, 0.6) is 5.75 Å². The molecule has 0 spiro atoms. The van der Waals surface area contributed by atoms with Gasteiger partial charge in [0.2, 0.25) is 11.1 Å². The molecule has 1 aromatic heterocycles. The standard InChI is InChI=1S/C16H16N4O2S/c1-23-16-18-15-17-11-3-2-4-12(22)13(11)14(20(15)19-16)9-5-7-10(21)8-6-9/h5-8,14,21H,2-4H2,1H3,(H,17,18,19)/t14-/m1/s1. The van der Waals surface area contributed by atoms with Gasteiger partial charge in [-0.15, -0.1) is 5.10 Å². The van der Waals surface area contributed by atoms with Gasteiger partial charge in [0.15, 0.2) is 5.78 Å². The molecule has 1 aliphatic carbocycles. The Morgan fingerprint density at radius 1 is 1.30 bits per heavy atom. The van der Waals surface area contributed by atoms with Crippen molar-refractivity contribution in [1.82, 2.24) is 14.8 Å². The molecule has 0 saturated heterocycles. The van der Waals surface area contributed by atoms with E-state index < -0.39 is 0 Å². The summed E-state index contributed by atoms with van der Waals surface area (Å²) in [6.07, 6.45) is 4.19. The van der Waals surface area contributed by atoms with E-state index in [1.807, 2.05) is 18.4 Å². The molecule has 2 aromatic rings. The van der Waals surface area contributed by atoms with Crippen molar-refractivity contribution in [2.45, 2.75) is 30.5 Å². The van der Waals surface area contributed by atoms with E-state index in [-0.39, 0.29) is 17.6 Å². The second-order valence-electron chi connectivity index (χ2n) is 5.65. The average Bonchev–Trinajstić information content (AvgIpc) is 2.97. The van der Waals surface area contributed by atoms with Gasteiger partial charge in [0.05, 0.1) is 0 Å². The summed E-state index contributed by atoms with van der Waals surface area (Å²) in [5.41, 5.74) is 2.64. The van der Waals surface area contributed by atoms with Gasteiger partial charge < -0.3 is 10.4 Å². The molecule has 0 radical (unpaired) electrons. The number of benzene rings is 1. The number of allylic oxidation sites excluding steroid dienone is 2. The number of hydrogen-bond donors (Lipinski definition) is 2. The van der Waals surface area contributed by atoms with E-state index >= 15 is 0 Å². The third-order valence-corrected chi connectivity index (χ3v) is 4.78. The van der Waals surface area contributed by atoms with Gasteiger partial charge in [-0.25, -0.2) is 4.68 Å². The van der Waals surface area contributed by atoms with E-state index in [4.69, 9.17) is 0 Å². The Kier molecular flexibility index (Phi) is 3.37. The lowest BCUT2D eigenvalue weighted by molar-refractivity contribution is -0.116. The summed E-state index contributed by atoms with van der Waals surface area (Å²) in [5.74, 6) is 1.03. The zero-order chi connectivity index (χ0) is 16.0. The maximum atomic E-state index is 12.6. The van der Waals surface area contributed by atoms with Crippen molar-refractivity contribution in [1.29, 1.82) is 0 Å². The molecule has 0 fully saturated rings. The SMILES string of the molecule is CSc1nc2n(n1)[C@H](c1ccc(O)cc1)C1=C(CCCC1=O)N2. The minimum atomic E-state index is -0.289. The topological polar surface area (TPSA) is 80.0 Å². The van der Waals surface area contributed by atoms with Gasteiger partial charge in [0.25, 0.3) is 0 Å². The Bertz CT molecular complexity index is 810. The predicted octanol–water partition coefficient (Wildman–Crippen LogP) is 2.73. The summed E-state index contributed by atoms with van der Waals surface area (Å²) in [6, 6.07) is 6.65. The number of rotatable bonds is 2. The monoisotopic (exact) mass is 328 g/mol. The van der Waals surface area contributed by atoms with Crippen molar-refractivity contribution in [3.8, 4) is 5.75 Å². The smallest absolute Gasteiger partial charge is 0.227 e. The molecular formula is C16H16N4O2S. The Labute approximate surface area is 137 Å². The molecule has 4 rings (SSSR count). The Morgan fingerprint density at radius 3 is 2.83 bits per heavy atom. The number of Topliss-reactive ketones (excluding diaryl/α,β-unsaturated/α-hetero) is 1. The van der Waals surface area contributed by atoms with Gasteiger partial charge in [-0.05, 0) is 36.8 Å². The Morgan fingerprint density at radius 2 is 2.09 bits per heavy atom. The molecule has 2 heterocycles. The summed E-state index contributed by atoms with van der Waals surface area (Å²) in [6.45, 7) is 0. The number of aromatic nitrogens is 3. The highest BCUT2D eigenvalue weighted by Gasteiger charge is 2.36. The third-order valence-electron chi connectivity index (χ3n) is 4.24. The second kappa shape index (κ2) is 5.42. The van der Waals surface area contributed by atoms with E-state index in [2.05, 4.69) is 15.4 Å². The molecule has 2 N–H and O–H groups in total. The van der Waals surface area contributed by atoms with Gasteiger partial charge >= 0.3 is 0 Å². The summed E-state index contributed by atoms with van der Waals surface area (Å²) in [4.78, 5) is 17.0. The quantitative estimate of drug-likeness (QED) is 0.825. The van der Waals surface area contributed by atoms with E-state index in [1.54, 1.807) is 16.8 Å². The number of nitrogens with zero attached hydrogens (tertiary/aromatic N) is 3. The lowest BCUT2D eigenvalue weighted by Gasteiger charge is -2.32. The minimum absolute atomic E-state index is 0.156. The Hall–Kier alpha value is -2.28. The van der Waals surface area contributed by atoms with Crippen LogP contribution in [0, 0.1) is 0 Å². The maximum absolute atomic E-state index is 12.6. The molecule has 2 aliphatic rings. The highest BCUT2D eigenvalue weighted by atomic mass is 32.2. The number of fused-ring (bicyclic) bond motifs is 1. The number of thioether (sulfide) groups is 1. The van der Waals surface area contributed by atoms with Crippen LogP contribution in [0.2, 0.25) is 0 Å². The third kappa shape index (κ3) is 2.31. The van der Waals surface area contributed by atoms with Gasteiger partial charge in [0, 0.05) is 17.7 Å². The van der Waals surface area contributed by atoms with Gasteiger partial charge in [-0.2, -0.15) is 4.98 Å². The number of anilines is 1. The van der Waals surface area contributed by atoms with Crippen LogP contribution in [-0.2, 0) is 4.79 Å². The van der Waals surface area contributed by atoms with Crippen LogP contribution in [0.25, 0.3) is 0 Å². The van der Waals surface area contributed by atoms with Crippen LogP contribution in [-0.4, -0.2) is 31.9 Å². The van der Waals surface area contributed by atoms with Crippen LogP contribution < -0.4 is 5.32 Å². The van der Waals surface area contributed by atoms with Gasteiger partial charge in [-0.1, -0.05) is 23.9 Å². The van der Waals surface area contributed by atoms with E-state index in [1.165, 1.54) is 11.8 Å². The normalized spacial score (nSPS) is 20.0. The maximum Gasteiger partial charge on any atom is 0.227 e. The number of ketones is 1. The molecule has 0 saturated carbocycles. The first kappa shape index (κ1) is 14.3. The number of nitrogens with one attached hydrogen (secondary N) is 1. The molecule has 1 atom stereocenters. The van der Waals surface area contributed by atoms with E-state index in [9.17, 15) is 9.90 Å². The van der Waals surface area contributed by atoms with Crippen LogP contribution in [0.4, 0.5) is 5.95 Å². The zero-order valence-corrected chi connectivity index (χ0v) is 13.4. The highest BCUT2D eigenvalue weighted by Crippen LogP contribution is 2.40. The van der Waals surface area contributed by atoms with Crippen molar-refractivity contribution in [2.75, 3.05) is 11.6 Å². The first-order valence-electron chi connectivity index (χ1n) is 7.50. The zero-order valence-electron chi connectivity index (χ0n) is 12.6. The first-order chi connectivity index (χ1) is 11.2. The number of phenols is 1. The number of phenolic OH excluding ortho intramolecular Hbond substituents is 1. The van der Waals surface area contributed by atoms with Gasteiger partial charge in [-0.3, -0.25) is 4.79 Å². The molecule has 23 heavy (non-hydrogen) atoms. The van der Waals surface area contributed by atoms with E-state index in [0.717, 1.165) is 29.7 Å². The fourth-order valence-corrected chi connectivity index (χ4v) is 3.54. The number of hydrogen-bond acceptors (Lipinski definition) is 6. The fourth-order valence-electron chi connectivity index (χ4n) is 3.19. The number of carbonyl (C=O) groups excluding carboxylic acids is 1. The van der Waals surface area contributed by atoms with Crippen LogP contribution >= 0.6 is 11.8 Å². The first-order valence-corrected chi connectivity index (χ1v) is 8.72. The fraction of sp³-hybridized carbons (Fsp3) is 0.312. The molecule has 0 unspecified atom stereocenters. The summed E-state index contributed by atoms with van der Waals surface area (Å²) in [7, 11) is 0. The highest BCUT2D eigenvalue weighted by molar-refractivity contribution is 7.98. The van der Waals surface area contributed by atoms with Crippen LogP contribution in [0.15, 0.2) is 40.7 Å². The van der Waals surface area contributed by atoms with Crippen molar-refractivity contribution in [2.24, 2.45) is 0 Å². The second-order valence-corrected chi connectivity index (χ2v) is 6.43.